The van der Waals surface area contributed by atoms with Crippen molar-refractivity contribution < 1.29 is 9.59 Å². The molecule has 172 valence electrons. The quantitative estimate of drug-likeness (QED) is 0.370. The first-order valence-corrected chi connectivity index (χ1v) is 13.1. The van der Waals surface area contributed by atoms with Crippen LogP contribution in [0.3, 0.4) is 0 Å². The molecule has 1 unspecified atom stereocenters. The van der Waals surface area contributed by atoms with Crippen molar-refractivity contribution in [3.05, 3.63) is 10.0 Å². The van der Waals surface area contributed by atoms with Crippen molar-refractivity contribution in [3.8, 4) is 0 Å². The zero-order valence-electron chi connectivity index (χ0n) is 18.6. The Kier molecular flexibility index (Phi) is 10.8. The molecule has 0 radical (unpaired) electrons. The molecule has 0 spiro atoms. The molecular weight excluding hydrogens is 454 g/mol. The number of nitrogens with zero attached hydrogens (tertiary/aromatic N) is 4. The van der Waals surface area contributed by atoms with E-state index >= 15 is 0 Å². The van der Waals surface area contributed by atoms with E-state index in [-0.39, 0.29) is 23.8 Å². The maximum Gasteiger partial charge on any atom is 0.243 e. The van der Waals surface area contributed by atoms with Gasteiger partial charge in [0.2, 0.25) is 22.1 Å². The van der Waals surface area contributed by atoms with Gasteiger partial charge in [-0.25, -0.2) is 0 Å². The van der Waals surface area contributed by atoms with Gasteiger partial charge in [0.15, 0.2) is 0 Å². The molecule has 0 saturated carbocycles. The zero-order chi connectivity index (χ0) is 22.8. The number of amides is 2. The number of hydrogen-bond acceptors (Lipinski definition) is 10. The number of carbonyl (C=O) groups is 2. The van der Waals surface area contributed by atoms with Crippen LogP contribution in [0.25, 0.3) is 0 Å². The SMILES string of the molecule is CNC(C(=O)Nc1nnc(CCSCCc2nnc(NC(=O)CC(C)C)s2)s1)C(C)C. The van der Waals surface area contributed by atoms with Gasteiger partial charge in [-0.3, -0.25) is 14.9 Å². The van der Waals surface area contributed by atoms with Crippen molar-refractivity contribution in [1.82, 2.24) is 25.7 Å². The van der Waals surface area contributed by atoms with Gasteiger partial charge >= 0.3 is 0 Å². The second-order valence-electron chi connectivity index (χ2n) is 7.76. The fourth-order valence-corrected chi connectivity index (χ4v) is 5.36. The van der Waals surface area contributed by atoms with E-state index in [1.54, 1.807) is 18.8 Å². The molecule has 1 atom stereocenters. The monoisotopic (exact) mass is 485 g/mol. The summed E-state index contributed by atoms with van der Waals surface area (Å²) in [5.74, 6) is 2.21. The first-order valence-electron chi connectivity index (χ1n) is 10.3. The summed E-state index contributed by atoms with van der Waals surface area (Å²) >= 11 is 4.64. The van der Waals surface area contributed by atoms with Crippen molar-refractivity contribution >= 4 is 56.5 Å². The summed E-state index contributed by atoms with van der Waals surface area (Å²) in [4.78, 5) is 24.1. The molecule has 9 nitrogen and oxygen atoms in total. The molecule has 2 aromatic heterocycles. The third kappa shape index (κ3) is 9.17. The predicted octanol–water partition coefficient (Wildman–Crippen LogP) is 3.08. The molecule has 3 N–H and O–H groups in total. The van der Waals surface area contributed by atoms with Crippen LogP contribution in [0.5, 0.6) is 0 Å². The smallest absolute Gasteiger partial charge is 0.243 e. The lowest BCUT2D eigenvalue weighted by Crippen LogP contribution is -2.42. The molecule has 2 amide bonds. The fourth-order valence-electron chi connectivity index (χ4n) is 2.72. The molecule has 12 heteroatoms. The molecule has 0 fully saturated rings. The van der Waals surface area contributed by atoms with Crippen LogP contribution in [0.15, 0.2) is 0 Å². The minimum absolute atomic E-state index is 0.0228. The molecule has 0 saturated heterocycles. The van der Waals surface area contributed by atoms with Gasteiger partial charge < -0.3 is 10.6 Å². The van der Waals surface area contributed by atoms with Crippen molar-refractivity contribution in [3.63, 3.8) is 0 Å². The maximum absolute atomic E-state index is 12.3. The Balaban J connectivity index is 1.66. The van der Waals surface area contributed by atoms with E-state index in [0.29, 0.717) is 22.6 Å². The first kappa shape index (κ1) is 25.6. The third-order valence-electron chi connectivity index (χ3n) is 4.18. The van der Waals surface area contributed by atoms with Gasteiger partial charge in [-0.2, -0.15) is 11.8 Å². The van der Waals surface area contributed by atoms with Crippen LogP contribution in [0.1, 0.15) is 44.1 Å². The van der Waals surface area contributed by atoms with E-state index in [1.807, 2.05) is 27.7 Å². The second-order valence-corrected chi connectivity index (χ2v) is 11.1. The Morgan fingerprint density at radius 2 is 1.45 bits per heavy atom. The number of aromatic nitrogens is 4. The average molecular weight is 486 g/mol. The van der Waals surface area contributed by atoms with Crippen LogP contribution in [-0.2, 0) is 22.4 Å². The van der Waals surface area contributed by atoms with Gasteiger partial charge in [0.25, 0.3) is 0 Å². The summed E-state index contributed by atoms with van der Waals surface area (Å²) in [5.41, 5.74) is 0. The number of thioether (sulfide) groups is 1. The van der Waals surface area contributed by atoms with Crippen LogP contribution in [0.4, 0.5) is 10.3 Å². The zero-order valence-corrected chi connectivity index (χ0v) is 21.0. The molecule has 0 aliphatic heterocycles. The van der Waals surface area contributed by atoms with Gasteiger partial charge in [-0.05, 0) is 30.4 Å². The Morgan fingerprint density at radius 1 is 0.903 bits per heavy atom. The van der Waals surface area contributed by atoms with Crippen molar-refractivity contribution in [1.29, 1.82) is 0 Å². The number of hydrogen-bond donors (Lipinski definition) is 3. The Hall–Kier alpha value is -1.63. The number of anilines is 2. The Morgan fingerprint density at radius 3 is 1.94 bits per heavy atom. The lowest BCUT2D eigenvalue weighted by Gasteiger charge is -2.18. The highest BCUT2D eigenvalue weighted by molar-refractivity contribution is 7.99. The van der Waals surface area contributed by atoms with E-state index in [1.165, 1.54) is 22.7 Å². The lowest BCUT2D eigenvalue weighted by molar-refractivity contribution is -0.119. The van der Waals surface area contributed by atoms with E-state index < -0.39 is 0 Å². The van der Waals surface area contributed by atoms with Crippen LogP contribution in [0, 0.1) is 11.8 Å². The largest absolute Gasteiger partial charge is 0.309 e. The van der Waals surface area contributed by atoms with Crippen molar-refractivity contribution in [2.45, 2.75) is 53.0 Å². The van der Waals surface area contributed by atoms with Gasteiger partial charge in [0, 0.05) is 19.3 Å². The lowest BCUT2D eigenvalue weighted by atomic mass is 10.0. The van der Waals surface area contributed by atoms with Gasteiger partial charge in [0.1, 0.15) is 10.0 Å². The summed E-state index contributed by atoms with van der Waals surface area (Å²) in [6, 6.07) is -0.257. The first-order chi connectivity index (χ1) is 14.8. The highest BCUT2D eigenvalue weighted by Gasteiger charge is 2.21. The summed E-state index contributed by atoms with van der Waals surface area (Å²) < 4.78 is 0. The van der Waals surface area contributed by atoms with Gasteiger partial charge in [-0.1, -0.05) is 50.4 Å². The Labute approximate surface area is 195 Å². The summed E-state index contributed by atoms with van der Waals surface area (Å²) in [5, 5.41) is 28.0. The molecular formula is C19H31N7O2S3. The number of carbonyl (C=O) groups excluding carboxylic acids is 2. The minimum Gasteiger partial charge on any atom is -0.309 e. The molecule has 0 bridgehead atoms. The fraction of sp³-hybridized carbons (Fsp3) is 0.684. The number of likely N-dealkylation sites (N-methyl/N-ethyl adjacent to an activating group) is 1. The van der Waals surface area contributed by atoms with Crippen LogP contribution in [-0.4, -0.2) is 56.8 Å². The van der Waals surface area contributed by atoms with Gasteiger partial charge in [-0.15, -0.1) is 20.4 Å². The summed E-state index contributed by atoms with van der Waals surface area (Å²) in [7, 11) is 1.78. The summed E-state index contributed by atoms with van der Waals surface area (Å²) in [6.07, 6.45) is 2.08. The Bertz CT molecular complexity index is 838. The van der Waals surface area contributed by atoms with Crippen LogP contribution < -0.4 is 16.0 Å². The van der Waals surface area contributed by atoms with E-state index in [2.05, 4.69) is 36.3 Å². The highest BCUT2D eigenvalue weighted by Crippen LogP contribution is 2.20. The van der Waals surface area contributed by atoms with Crippen molar-refractivity contribution in [2.24, 2.45) is 11.8 Å². The molecule has 2 heterocycles. The van der Waals surface area contributed by atoms with E-state index in [0.717, 1.165) is 34.4 Å². The number of aryl methyl sites for hydroxylation is 2. The topological polar surface area (TPSA) is 122 Å². The molecule has 0 aliphatic rings. The third-order valence-corrected chi connectivity index (χ3v) is 6.97. The number of nitrogens with one attached hydrogen (secondary N) is 3. The summed E-state index contributed by atoms with van der Waals surface area (Å²) in [6.45, 7) is 8.00. The predicted molar refractivity (Wildman–Crippen MR) is 129 cm³/mol. The average Bonchev–Trinajstić information content (AvgIpc) is 3.30. The van der Waals surface area contributed by atoms with Crippen molar-refractivity contribution in [2.75, 3.05) is 29.2 Å². The number of rotatable bonds is 13. The molecule has 2 rings (SSSR count). The van der Waals surface area contributed by atoms with Gasteiger partial charge in [0.05, 0.1) is 6.04 Å². The molecule has 0 aromatic carbocycles. The maximum atomic E-state index is 12.3. The van der Waals surface area contributed by atoms with Crippen LogP contribution >= 0.6 is 34.4 Å². The highest BCUT2D eigenvalue weighted by atomic mass is 32.2. The van der Waals surface area contributed by atoms with Crippen LogP contribution in [0.2, 0.25) is 0 Å². The van der Waals surface area contributed by atoms with E-state index in [9.17, 15) is 9.59 Å². The molecule has 0 aliphatic carbocycles. The molecule has 2 aromatic rings. The normalized spacial score (nSPS) is 12.4. The molecule has 31 heavy (non-hydrogen) atoms. The second kappa shape index (κ2) is 13.0. The minimum atomic E-state index is -0.257. The standard InChI is InChI=1S/C19H31N7O2S3/c1-11(2)10-13(27)21-18-25-23-14(30-18)6-8-29-9-7-15-24-26-19(31-15)22-17(28)16(20-5)12(3)4/h11-12,16,20H,6-10H2,1-5H3,(H,21,25,27)(H,22,26,28). The van der Waals surface area contributed by atoms with E-state index in [4.69, 9.17) is 0 Å².